The van der Waals surface area contributed by atoms with Crippen molar-refractivity contribution in [3.8, 4) is 6.07 Å². The van der Waals surface area contributed by atoms with Crippen molar-refractivity contribution in [1.29, 1.82) is 5.26 Å². The molecule has 0 heterocycles. The second-order valence-electron chi connectivity index (χ2n) is 5.21. The van der Waals surface area contributed by atoms with E-state index in [9.17, 15) is 17.2 Å². The van der Waals surface area contributed by atoms with Crippen LogP contribution in [0.2, 0.25) is 0 Å². The lowest BCUT2D eigenvalue weighted by Gasteiger charge is -2.22. The van der Waals surface area contributed by atoms with Crippen LogP contribution in [0.3, 0.4) is 0 Å². The maximum absolute atomic E-state index is 14.1. The number of hydrogen-bond acceptors (Lipinski definition) is 3. The van der Waals surface area contributed by atoms with Crippen molar-refractivity contribution in [1.82, 2.24) is 4.31 Å². The van der Waals surface area contributed by atoms with Crippen LogP contribution >= 0.6 is 0 Å². The summed E-state index contributed by atoms with van der Waals surface area (Å²) in [4.78, 5) is -0.0496. The SMILES string of the molecule is CCCN(Cc1ccc(C#N)cc1F)S(=O)(=O)c1ccc(F)cc1. The first-order chi connectivity index (χ1) is 11.4. The highest BCUT2D eigenvalue weighted by Crippen LogP contribution is 2.21. The Balaban J connectivity index is 2.35. The van der Waals surface area contributed by atoms with E-state index < -0.39 is 21.7 Å². The van der Waals surface area contributed by atoms with Crippen LogP contribution in [0.25, 0.3) is 0 Å². The zero-order valence-electron chi connectivity index (χ0n) is 13.0. The van der Waals surface area contributed by atoms with E-state index in [0.29, 0.717) is 6.42 Å². The van der Waals surface area contributed by atoms with Crippen molar-refractivity contribution in [3.63, 3.8) is 0 Å². The summed E-state index contributed by atoms with van der Waals surface area (Å²) >= 11 is 0. The Kier molecular flexibility index (Phi) is 5.65. The average Bonchev–Trinajstić information content (AvgIpc) is 2.56. The Morgan fingerprint density at radius 2 is 1.79 bits per heavy atom. The molecule has 0 aliphatic rings. The van der Waals surface area contributed by atoms with Crippen LogP contribution in [-0.2, 0) is 16.6 Å². The summed E-state index contributed by atoms with van der Waals surface area (Å²) in [6.45, 7) is 1.84. The van der Waals surface area contributed by atoms with Crippen molar-refractivity contribution in [3.05, 3.63) is 65.2 Å². The largest absolute Gasteiger partial charge is 0.243 e. The summed E-state index contributed by atoms with van der Waals surface area (Å²) in [5.41, 5.74) is 0.341. The monoisotopic (exact) mass is 350 g/mol. The fourth-order valence-electron chi connectivity index (χ4n) is 2.22. The number of halogens is 2. The van der Waals surface area contributed by atoms with Gasteiger partial charge in [-0.2, -0.15) is 9.57 Å². The van der Waals surface area contributed by atoms with Crippen molar-refractivity contribution >= 4 is 10.0 Å². The predicted octanol–water partition coefficient (Wildman–Crippen LogP) is 3.44. The number of hydrogen-bond donors (Lipinski definition) is 0. The molecule has 0 aromatic heterocycles. The molecule has 0 spiro atoms. The third-order valence-corrected chi connectivity index (χ3v) is 5.31. The van der Waals surface area contributed by atoms with Crippen LogP contribution in [0.1, 0.15) is 24.5 Å². The van der Waals surface area contributed by atoms with Crippen molar-refractivity contribution in [2.75, 3.05) is 6.54 Å². The predicted molar refractivity (Wildman–Crippen MR) is 85.4 cm³/mol. The molecule has 2 aromatic rings. The minimum Gasteiger partial charge on any atom is -0.207 e. The molecule has 0 amide bonds. The summed E-state index contributed by atoms with van der Waals surface area (Å²) in [7, 11) is -3.88. The Morgan fingerprint density at radius 1 is 1.12 bits per heavy atom. The van der Waals surface area contributed by atoms with Gasteiger partial charge >= 0.3 is 0 Å². The van der Waals surface area contributed by atoms with E-state index >= 15 is 0 Å². The molecule has 0 saturated heterocycles. The van der Waals surface area contributed by atoms with E-state index in [4.69, 9.17) is 5.26 Å². The lowest BCUT2D eigenvalue weighted by molar-refractivity contribution is 0.398. The van der Waals surface area contributed by atoms with Gasteiger partial charge in [0.25, 0.3) is 0 Å². The van der Waals surface area contributed by atoms with Gasteiger partial charge in [-0.3, -0.25) is 0 Å². The highest BCUT2D eigenvalue weighted by Gasteiger charge is 2.25. The lowest BCUT2D eigenvalue weighted by Crippen LogP contribution is -2.31. The first-order valence-corrected chi connectivity index (χ1v) is 8.76. The zero-order valence-corrected chi connectivity index (χ0v) is 13.9. The fourth-order valence-corrected chi connectivity index (χ4v) is 3.73. The van der Waals surface area contributed by atoms with Gasteiger partial charge in [0.2, 0.25) is 10.0 Å². The topological polar surface area (TPSA) is 61.2 Å². The molecule has 126 valence electrons. The number of nitriles is 1. The molecular weight excluding hydrogens is 334 g/mol. The summed E-state index contributed by atoms with van der Waals surface area (Å²) in [6.07, 6.45) is 0.540. The second kappa shape index (κ2) is 7.51. The highest BCUT2D eigenvalue weighted by atomic mass is 32.2. The molecule has 0 N–H and O–H groups in total. The molecule has 0 fully saturated rings. The molecule has 7 heteroatoms. The smallest absolute Gasteiger partial charge is 0.207 e. The minimum atomic E-state index is -3.88. The molecule has 0 aliphatic carbocycles. The molecular formula is C17H16F2N2O2S. The van der Waals surface area contributed by atoms with Gasteiger partial charge in [0.15, 0.2) is 0 Å². The number of rotatable bonds is 6. The first-order valence-electron chi connectivity index (χ1n) is 7.32. The van der Waals surface area contributed by atoms with Crippen LogP contribution in [-0.4, -0.2) is 19.3 Å². The molecule has 24 heavy (non-hydrogen) atoms. The van der Waals surface area contributed by atoms with Crippen LogP contribution in [0.15, 0.2) is 47.4 Å². The van der Waals surface area contributed by atoms with E-state index in [1.807, 2.05) is 13.0 Å². The van der Waals surface area contributed by atoms with Crippen LogP contribution in [0.4, 0.5) is 8.78 Å². The van der Waals surface area contributed by atoms with Crippen LogP contribution in [0, 0.1) is 23.0 Å². The van der Waals surface area contributed by atoms with E-state index in [1.54, 1.807) is 0 Å². The lowest BCUT2D eigenvalue weighted by atomic mass is 10.1. The Labute approximate surface area is 140 Å². The fraction of sp³-hybridized carbons (Fsp3) is 0.235. The average molecular weight is 350 g/mol. The molecule has 0 saturated carbocycles. The van der Waals surface area contributed by atoms with Gasteiger partial charge in [-0.05, 0) is 42.8 Å². The van der Waals surface area contributed by atoms with Gasteiger partial charge < -0.3 is 0 Å². The van der Waals surface area contributed by atoms with Crippen molar-refractivity contribution in [2.24, 2.45) is 0 Å². The number of sulfonamides is 1. The zero-order chi connectivity index (χ0) is 17.7. The molecule has 0 aliphatic heterocycles. The molecule has 0 bridgehead atoms. The van der Waals surface area contributed by atoms with Gasteiger partial charge in [0, 0.05) is 18.7 Å². The van der Waals surface area contributed by atoms with Crippen molar-refractivity contribution < 1.29 is 17.2 Å². The third kappa shape index (κ3) is 3.96. The van der Waals surface area contributed by atoms with Gasteiger partial charge in [-0.25, -0.2) is 17.2 Å². The van der Waals surface area contributed by atoms with Crippen molar-refractivity contribution in [2.45, 2.75) is 24.8 Å². The summed E-state index contributed by atoms with van der Waals surface area (Å²) in [6, 6.07) is 10.2. The number of benzene rings is 2. The quantitative estimate of drug-likeness (QED) is 0.802. The van der Waals surface area contributed by atoms with Gasteiger partial charge in [-0.15, -0.1) is 0 Å². The molecule has 0 atom stereocenters. The van der Waals surface area contributed by atoms with Gasteiger partial charge in [0.05, 0.1) is 16.5 Å². The summed E-state index contributed by atoms with van der Waals surface area (Å²) < 4.78 is 53.6. The summed E-state index contributed by atoms with van der Waals surface area (Å²) in [5, 5.41) is 8.77. The first kappa shape index (κ1) is 18.0. The third-order valence-electron chi connectivity index (χ3n) is 3.45. The van der Waals surface area contributed by atoms with E-state index in [-0.39, 0.29) is 29.1 Å². The van der Waals surface area contributed by atoms with Crippen LogP contribution in [0.5, 0.6) is 0 Å². The molecule has 2 aromatic carbocycles. The Hall–Kier alpha value is -2.30. The van der Waals surface area contributed by atoms with Crippen LogP contribution < -0.4 is 0 Å². The second-order valence-corrected chi connectivity index (χ2v) is 7.15. The molecule has 0 radical (unpaired) electrons. The van der Waals surface area contributed by atoms with Gasteiger partial charge in [0.1, 0.15) is 11.6 Å². The van der Waals surface area contributed by atoms with E-state index in [1.165, 1.54) is 24.3 Å². The van der Waals surface area contributed by atoms with E-state index in [2.05, 4.69) is 0 Å². The molecule has 4 nitrogen and oxygen atoms in total. The molecule has 2 rings (SSSR count). The Morgan fingerprint density at radius 3 is 2.33 bits per heavy atom. The van der Waals surface area contributed by atoms with E-state index in [0.717, 1.165) is 22.5 Å². The van der Waals surface area contributed by atoms with Gasteiger partial charge in [-0.1, -0.05) is 13.0 Å². The Bertz CT molecular complexity index is 859. The number of nitrogens with zero attached hydrogens (tertiary/aromatic N) is 2. The maximum Gasteiger partial charge on any atom is 0.243 e. The maximum atomic E-state index is 14.1. The highest BCUT2D eigenvalue weighted by molar-refractivity contribution is 7.89. The summed E-state index contributed by atoms with van der Waals surface area (Å²) in [5.74, 6) is -1.17. The standard InChI is InChI=1S/C17H16F2N2O2S/c1-2-9-21(12-14-4-3-13(11-20)10-17(14)19)24(22,23)16-7-5-15(18)6-8-16/h3-8,10H,2,9,12H2,1H3. The minimum absolute atomic E-state index is 0.0496. The normalized spacial score (nSPS) is 11.5. The molecule has 0 unspecified atom stereocenters.